The van der Waals surface area contributed by atoms with Crippen LogP contribution in [0.4, 0.5) is 5.69 Å². The van der Waals surface area contributed by atoms with Crippen molar-refractivity contribution in [1.82, 2.24) is 20.0 Å². The van der Waals surface area contributed by atoms with E-state index in [9.17, 15) is 4.79 Å². The Kier molecular flexibility index (Phi) is 3.33. The van der Waals surface area contributed by atoms with Crippen LogP contribution in [-0.2, 0) is 6.54 Å². The van der Waals surface area contributed by atoms with Crippen LogP contribution in [0.3, 0.4) is 0 Å². The van der Waals surface area contributed by atoms with Gasteiger partial charge in [-0.2, -0.15) is 5.10 Å². The molecule has 1 unspecified atom stereocenters. The van der Waals surface area contributed by atoms with Crippen molar-refractivity contribution in [2.75, 3.05) is 25.9 Å². The van der Waals surface area contributed by atoms with Crippen LogP contribution in [0.25, 0.3) is 0 Å². The number of nitrogens with one attached hydrogen (secondary N) is 1. The van der Waals surface area contributed by atoms with E-state index in [0.717, 1.165) is 19.5 Å². The molecule has 1 aromatic rings. The Hall–Kier alpha value is -1.56. The Bertz CT molecular complexity index is 414. The van der Waals surface area contributed by atoms with Gasteiger partial charge in [-0.1, -0.05) is 0 Å². The lowest BCUT2D eigenvalue weighted by molar-refractivity contribution is 0.0933. The van der Waals surface area contributed by atoms with Crippen molar-refractivity contribution in [3.8, 4) is 0 Å². The SMILES string of the molecule is CCn1cc(N)c(C(=O)NC2CCN(C)C2)n1. The first-order valence-corrected chi connectivity index (χ1v) is 5.92. The van der Waals surface area contributed by atoms with Crippen LogP contribution in [0.2, 0.25) is 0 Å². The summed E-state index contributed by atoms with van der Waals surface area (Å²) in [5, 5.41) is 7.12. The van der Waals surface area contributed by atoms with Gasteiger partial charge in [-0.3, -0.25) is 9.48 Å². The van der Waals surface area contributed by atoms with Gasteiger partial charge in [0.15, 0.2) is 5.69 Å². The Morgan fingerprint density at radius 2 is 2.47 bits per heavy atom. The molecule has 1 aromatic heterocycles. The number of aryl methyl sites for hydroxylation is 1. The molecule has 6 heteroatoms. The number of hydrogen-bond acceptors (Lipinski definition) is 4. The average Bonchev–Trinajstić information content (AvgIpc) is 2.85. The molecular formula is C11H19N5O. The van der Waals surface area contributed by atoms with Crippen molar-refractivity contribution < 1.29 is 4.79 Å². The first kappa shape index (κ1) is 11.9. The maximum atomic E-state index is 12.0. The number of anilines is 1. The van der Waals surface area contributed by atoms with E-state index in [4.69, 9.17) is 5.73 Å². The smallest absolute Gasteiger partial charge is 0.274 e. The predicted molar refractivity (Wildman–Crippen MR) is 65.7 cm³/mol. The van der Waals surface area contributed by atoms with Gasteiger partial charge in [0.1, 0.15) is 0 Å². The second-order valence-electron chi connectivity index (χ2n) is 4.51. The molecule has 0 radical (unpaired) electrons. The molecule has 2 rings (SSSR count). The van der Waals surface area contributed by atoms with Gasteiger partial charge in [-0.15, -0.1) is 0 Å². The van der Waals surface area contributed by atoms with Gasteiger partial charge in [0.05, 0.1) is 5.69 Å². The van der Waals surface area contributed by atoms with Crippen LogP contribution < -0.4 is 11.1 Å². The van der Waals surface area contributed by atoms with Crippen molar-refractivity contribution in [3.05, 3.63) is 11.9 Å². The summed E-state index contributed by atoms with van der Waals surface area (Å²) < 4.78 is 1.67. The zero-order valence-corrected chi connectivity index (χ0v) is 10.3. The number of aromatic nitrogens is 2. The summed E-state index contributed by atoms with van der Waals surface area (Å²) in [6, 6.07) is 0.207. The van der Waals surface area contributed by atoms with E-state index in [1.165, 1.54) is 0 Å². The number of rotatable bonds is 3. The lowest BCUT2D eigenvalue weighted by atomic mass is 10.2. The zero-order valence-electron chi connectivity index (χ0n) is 10.3. The molecule has 0 bridgehead atoms. The van der Waals surface area contributed by atoms with Crippen molar-refractivity contribution in [2.45, 2.75) is 25.9 Å². The highest BCUT2D eigenvalue weighted by Crippen LogP contribution is 2.11. The number of hydrogen-bond donors (Lipinski definition) is 2. The number of likely N-dealkylation sites (N-methyl/N-ethyl adjacent to an activating group) is 1. The van der Waals surface area contributed by atoms with Crippen LogP contribution in [-0.4, -0.2) is 46.8 Å². The van der Waals surface area contributed by atoms with Crippen LogP contribution in [0, 0.1) is 0 Å². The number of likely N-dealkylation sites (tertiary alicyclic amines) is 1. The summed E-state index contributed by atoms with van der Waals surface area (Å²) in [4.78, 5) is 14.2. The zero-order chi connectivity index (χ0) is 12.4. The van der Waals surface area contributed by atoms with E-state index in [1.54, 1.807) is 10.9 Å². The van der Waals surface area contributed by atoms with E-state index < -0.39 is 0 Å². The first-order valence-electron chi connectivity index (χ1n) is 5.92. The molecule has 94 valence electrons. The van der Waals surface area contributed by atoms with Gasteiger partial charge in [-0.05, 0) is 26.9 Å². The maximum Gasteiger partial charge on any atom is 0.274 e. The fourth-order valence-electron chi connectivity index (χ4n) is 2.08. The van der Waals surface area contributed by atoms with E-state index >= 15 is 0 Å². The van der Waals surface area contributed by atoms with Crippen molar-refractivity contribution in [2.24, 2.45) is 0 Å². The molecule has 2 heterocycles. The number of carbonyl (C=O) groups excluding carboxylic acids is 1. The normalized spacial score (nSPS) is 20.7. The number of carbonyl (C=O) groups is 1. The molecule has 1 amide bonds. The molecule has 1 saturated heterocycles. The minimum Gasteiger partial charge on any atom is -0.396 e. The molecule has 0 saturated carbocycles. The Labute approximate surface area is 101 Å². The average molecular weight is 237 g/mol. The summed E-state index contributed by atoms with van der Waals surface area (Å²) in [6.45, 7) is 4.58. The predicted octanol–water partition coefficient (Wildman–Crippen LogP) is -0.0809. The van der Waals surface area contributed by atoms with Crippen molar-refractivity contribution in [1.29, 1.82) is 0 Å². The van der Waals surface area contributed by atoms with E-state index in [0.29, 0.717) is 17.9 Å². The first-order chi connectivity index (χ1) is 8.10. The summed E-state index contributed by atoms with van der Waals surface area (Å²) in [5.41, 5.74) is 6.54. The molecule has 1 aliphatic heterocycles. The van der Waals surface area contributed by atoms with E-state index in [1.807, 2.05) is 14.0 Å². The molecule has 1 atom stereocenters. The number of nitrogens with two attached hydrogens (primary N) is 1. The third-order valence-electron chi connectivity index (χ3n) is 3.06. The fraction of sp³-hybridized carbons (Fsp3) is 0.636. The fourth-order valence-corrected chi connectivity index (χ4v) is 2.08. The lowest BCUT2D eigenvalue weighted by Gasteiger charge is -2.11. The molecule has 1 aliphatic rings. The van der Waals surface area contributed by atoms with E-state index in [-0.39, 0.29) is 11.9 Å². The molecule has 0 aromatic carbocycles. The van der Waals surface area contributed by atoms with Gasteiger partial charge in [0, 0.05) is 25.3 Å². The number of amides is 1. The van der Waals surface area contributed by atoms with Gasteiger partial charge < -0.3 is 16.0 Å². The highest BCUT2D eigenvalue weighted by molar-refractivity contribution is 5.97. The van der Waals surface area contributed by atoms with Crippen molar-refractivity contribution in [3.63, 3.8) is 0 Å². The van der Waals surface area contributed by atoms with E-state index in [2.05, 4.69) is 15.3 Å². The molecule has 17 heavy (non-hydrogen) atoms. The molecule has 6 nitrogen and oxygen atoms in total. The molecule has 3 N–H and O–H groups in total. The molecule has 1 fully saturated rings. The second-order valence-corrected chi connectivity index (χ2v) is 4.51. The standard InChI is InChI=1S/C11H19N5O/c1-3-16-7-9(12)10(14-16)11(17)13-8-4-5-15(2)6-8/h7-8H,3-6,12H2,1-2H3,(H,13,17). The monoisotopic (exact) mass is 237 g/mol. The van der Waals surface area contributed by atoms with Gasteiger partial charge in [0.2, 0.25) is 0 Å². The maximum absolute atomic E-state index is 12.0. The second kappa shape index (κ2) is 4.75. The van der Waals surface area contributed by atoms with Gasteiger partial charge in [0.25, 0.3) is 5.91 Å². The van der Waals surface area contributed by atoms with Crippen LogP contribution in [0.1, 0.15) is 23.8 Å². The Balaban J connectivity index is 2.01. The summed E-state index contributed by atoms with van der Waals surface area (Å²) >= 11 is 0. The summed E-state index contributed by atoms with van der Waals surface area (Å²) in [6.07, 6.45) is 2.67. The Morgan fingerprint density at radius 3 is 3.00 bits per heavy atom. The highest BCUT2D eigenvalue weighted by atomic mass is 16.2. The van der Waals surface area contributed by atoms with Crippen molar-refractivity contribution >= 4 is 11.6 Å². The van der Waals surface area contributed by atoms with Crippen LogP contribution in [0.15, 0.2) is 6.20 Å². The molecule has 0 aliphatic carbocycles. The third kappa shape index (κ3) is 2.58. The minimum atomic E-state index is -0.171. The van der Waals surface area contributed by atoms with Gasteiger partial charge >= 0.3 is 0 Å². The lowest BCUT2D eigenvalue weighted by Crippen LogP contribution is -2.37. The van der Waals surface area contributed by atoms with Gasteiger partial charge in [-0.25, -0.2) is 0 Å². The molecule has 0 spiro atoms. The summed E-state index contributed by atoms with van der Waals surface area (Å²) in [5.74, 6) is -0.171. The highest BCUT2D eigenvalue weighted by Gasteiger charge is 2.23. The number of nitrogen functional groups attached to an aromatic ring is 1. The number of nitrogens with zero attached hydrogens (tertiary/aromatic N) is 3. The topological polar surface area (TPSA) is 76.2 Å². The van der Waals surface area contributed by atoms with Crippen LogP contribution in [0.5, 0.6) is 0 Å². The minimum absolute atomic E-state index is 0.171. The summed E-state index contributed by atoms with van der Waals surface area (Å²) in [7, 11) is 2.05. The quantitative estimate of drug-likeness (QED) is 0.771. The van der Waals surface area contributed by atoms with Crippen LogP contribution >= 0.6 is 0 Å². The third-order valence-corrected chi connectivity index (χ3v) is 3.06. The largest absolute Gasteiger partial charge is 0.396 e. The Morgan fingerprint density at radius 1 is 1.71 bits per heavy atom. The molecular weight excluding hydrogens is 218 g/mol.